The van der Waals surface area contributed by atoms with Gasteiger partial charge in [-0.25, -0.2) is 0 Å². The van der Waals surface area contributed by atoms with Crippen molar-refractivity contribution in [1.82, 2.24) is 10.2 Å². The molecule has 22 heavy (non-hydrogen) atoms. The molecule has 0 bridgehead atoms. The largest absolute Gasteiger partial charge is 0.350 e. The molecule has 0 heterocycles. The second-order valence-electron chi connectivity index (χ2n) is 6.16. The molecule has 0 saturated heterocycles. The average molecular weight is 417 g/mol. The van der Waals surface area contributed by atoms with E-state index in [2.05, 4.69) is 33.2 Å². The molecule has 0 fully saturated rings. The number of hydrogen-bond donors (Lipinski definition) is 2. The number of carbonyl (C=O) groups is 2. The van der Waals surface area contributed by atoms with E-state index in [0.717, 1.165) is 9.26 Å². The fourth-order valence-electron chi connectivity index (χ4n) is 1.91. The molecule has 1 aromatic carbocycles. The summed E-state index contributed by atoms with van der Waals surface area (Å²) < 4.78 is 1.06. The SMILES string of the molecule is CCN(CC(=O)Nc1cccc(I)c1)CC(=O)NC(C)(C)C. The van der Waals surface area contributed by atoms with Crippen LogP contribution in [-0.4, -0.2) is 41.9 Å². The molecule has 5 nitrogen and oxygen atoms in total. The minimum atomic E-state index is -0.264. The highest BCUT2D eigenvalue weighted by atomic mass is 127. The van der Waals surface area contributed by atoms with Gasteiger partial charge >= 0.3 is 0 Å². The van der Waals surface area contributed by atoms with Crippen molar-refractivity contribution in [3.63, 3.8) is 0 Å². The molecule has 0 aromatic heterocycles. The zero-order valence-corrected chi connectivity index (χ0v) is 15.7. The summed E-state index contributed by atoms with van der Waals surface area (Å²) in [4.78, 5) is 25.8. The smallest absolute Gasteiger partial charge is 0.238 e. The minimum Gasteiger partial charge on any atom is -0.350 e. The Morgan fingerprint density at radius 2 is 1.82 bits per heavy atom. The Labute approximate surface area is 146 Å². The molecule has 0 aliphatic rings. The fourth-order valence-corrected chi connectivity index (χ4v) is 2.45. The van der Waals surface area contributed by atoms with E-state index in [0.29, 0.717) is 6.54 Å². The molecule has 1 rings (SSSR count). The maximum Gasteiger partial charge on any atom is 0.238 e. The van der Waals surface area contributed by atoms with Crippen LogP contribution in [0.1, 0.15) is 27.7 Å². The molecule has 0 radical (unpaired) electrons. The first-order chi connectivity index (χ1) is 10.2. The van der Waals surface area contributed by atoms with Crippen molar-refractivity contribution < 1.29 is 9.59 Å². The van der Waals surface area contributed by atoms with Crippen LogP contribution in [0, 0.1) is 3.57 Å². The van der Waals surface area contributed by atoms with Gasteiger partial charge in [-0.05, 0) is 68.1 Å². The van der Waals surface area contributed by atoms with Crippen LogP contribution < -0.4 is 10.6 Å². The molecular formula is C16H24IN3O2. The lowest BCUT2D eigenvalue weighted by atomic mass is 10.1. The van der Waals surface area contributed by atoms with E-state index in [1.807, 2.05) is 56.9 Å². The molecule has 0 atom stereocenters. The van der Waals surface area contributed by atoms with E-state index in [4.69, 9.17) is 0 Å². The van der Waals surface area contributed by atoms with Gasteiger partial charge in [0.25, 0.3) is 0 Å². The van der Waals surface area contributed by atoms with Crippen molar-refractivity contribution in [3.8, 4) is 0 Å². The number of nitrogens with zero attached hydrogens (tertiary/aromatic N) is 1. The number of benzene rings is 1. The molecule has 0 aliphatic heterocycles. The maximum atomic E-state index is 12.1. The summed E-state index contributed by atoms with van der Waals surface area (Å²) in [6.45, 7) is 8.79. The number of nitrogens with one attached hydrogen (secondary N) is 2. The number of anilines is 1. The van der Waals surface area contributed by atoms with E-state index < -0.39 is 0 Å². The van der Waals surface area contributed by atoms with Crippen LogP contribution in [0.2, 0.25) is 0 Å². The number of halogens is 1. The molecule has 122 valence electrons. The summed E-state index contributed by atoms with van der Waals surface area (Å²) >= 11 is 2.20. The van der Waals surface area contributed by atoms with Crippen molar-refractivity contribution in [2.24, 2.45) is 0 Å². The standard InChI is InChI=1S/C16H24IN3O2/c1-5-20(11-15(22)19-16(2,3)4)10-14(21)18-13-8-6-7-12(17)9-13/h6-9H,5,10-11H2,1-4H3,(H,18,21)(H,19,22). The lowest BCUT2D eigenvalue weighted by molar-refractivity contribution is -0.124. The van der Waals surface area contributed by atoms with Gasteiger partial charge in [-0.3, -0.25) is 14.5 Å². The van der Waals surface area contributed by atoms with Gasteiger partial charge in [0, 0.05) is 14.8 Å². The van der Waals surface area contributed by atoms with E-state index in [9.17, 15) is 9.59 Å². The number of hydrogen-bond acceptors (Lipinski definition) is 3. The van der Waals surface area contributed by atoms with Crippen molar-refractivity contribution in [2.75, 3.05) is 25.0 Å². The average Bonchev–Trinajstić information content (AvgIpc) is 2.35. The Morgan fingerprint density at radius 1 is 1.18 bits per heavy atom. The second-order valence-corrected chi connectivity index (χ2v) is 7.41. The topological polar surface area (TPSA) is 61.4 Å². The first-order valence-electron chi connectivity index (χ1n) is 7.28. The van der Waals surface area contributed by atoms with Crippen molar-refractivity contribution in [1.29, 1.82) is 0 Å². The van der Waals surface area contributed by atoms with Crippen LogP contribution in [0.5, 0.6) is 0 Å². The maximum absolute atomic E-state index is 12.1. The first kappa shape index (κ1) is 18.9. The summed E-state index contributed by atoms with van der Waals surface area (Å²) in [5.74, 6) is -0.191. The zero-order chi connectivity index (χ0) is 16.8. The van der Waals surface area contributed by atoms with Crippen LogP contribution in [-0.2, 0) is 9.59 Å². The normalized spacial score (nSPS) is 11.4. The van der Waals surface area contributed by atoms with Gasteiger partial charge in [0.2, 0.25) is 11.8 Å². The van der Waals surface area contributed by atoms with Crippen LogP contribution in [0.3, 0.4) is 0 Å². The summed E-state index contributed by atoms with van der Waals surface area (Å²) in [6, 6.07) is 7.61. The van der Waals surface area contributed by atoms with Crippen LogP contribution in [0.25, 0.3) is 0 Å². The summed E-state index contributed by atoms with van der Waals surface area (Å²) in [6.07, 6.45) is 0. The zero-order valence-electron chi connectivity index (χ0n) is 13.6. The van der Waals surface area contributed by atoms with Gasteiger partial charge in [0.1, 0.15) is 0 Å². The van der Waals surface area contributed by atoms with Crippen molar-refractivity contribution in [3.05, 3.63) is 27.8 Å². The second kappa shape index (κ2) is 8.47. The van der Waals surface area contributed by atoms with Gasteiger partial charge < -0.3 is 10.6 Å². The summed E-state index contributed by atoms with van der Waals surface area (Å²) in [5, 5.41) is 5.75. The summed E-state index contributed by atoms with van der Waals surface area (Å²) in [7, 11) is 0. The summed E-state index contributed by atoms with van der Waals surface area (Å²) in [5.41, 5.74) is 0.506. The highest BCUT2D eigenvalue weighted by Gasteiger charge is 2.17. The Balaban J connectivity index is 2.51. The Morgan fingerprint density at radius 3 is 2.36 bits per heavy atom. The number of amides is 2. The van der Waals surface area contributed by atoms with Crippen LogP contribution >= 0.6 is 22.6 Å². The van der Waals surface area contributed by atoms with E-state index >= 15 is 0 Å². The van der Waals surface area contributed by atoms with Gasteiger partial charge in [0.15, 0.2) is 0 Å². The van der Waals surface area contributed by atoms with Gasteiger partial charge in [0.05, 0.1) is 13.1 Å². The molecule has 2 amide bonds. The van der Waals surface area contributed by atoms with Gasteiger partial charge in [-0.1, -0.05) is 13.0 Å². The molecular weight excluding hydrogens is 393 g/mol. The van der Waals surface area contributed by atoms with Crippen LogP contribution in [0.15, 0.2) is 24.3 Å². The first-order valence-corrected chi connectivity index (χ1v) is 8.36. The van der Waals surface area contributed by atoms with E-state index in [-0.39, 0.29) is 30.4 Å². The van der Waals surface area contributed by atoms with Crippen molar-refractivity contribution >= 4 is 40.1 Å². The molecule has 2 N–H and O–H groups in total. The highest BCUT2D eigenvalue weighted by Crippen LogP contribution is 2.12. The van der Waals surface area contributed by atoms with Crippen LogP contribution in [0.4, 0.5) is 5.69 Å². The third kappa shape index (κ3) is 7.74. The molecule has 0 saturated carbocycles. The Kier molecular flexibility index (Phi) is 7.28. The van der Waals surface area contributed by atoms with Gasteiger partial charge in [-0.15, -0.1) is 0 Å². The lowest BCUT2D eigenvalue weighted by Gasteiger charge is -2.24. The molecule has 1 aromatic rings. The molecule has 0 aliphatic carbocycles. The third-order valence-corrected chi connectivity index (χ3v) is 3.48. The predicted octanol–water partition coefficient (Wildman–Crippen LogP) is 2.47. The van der Waals surface area contributed by atoms with Gasteiger partial charge in [-0.2, -0.15) is 0 Å². The van der Waals surface area contributed by atoms with E-state index in [1.165, 1.54) is 0 Å². The molecule has 0 spiro atoms. The minimum absolute atomic E-state index is 0.0728. The monoisotopic (exact) mass is 417 g/mol. The van der Waals surface area contributed by atoms with Crippen molar-refractivity contribution in [2.45, 2.75) is 33.2 Å². The van der Waals surface area contributed by atoms with E-state index in [1.54, 1.807) is 0 Å². The third-order valence-electron chi connectivity index (χ3n) is 2.80. The number of carbonyl (C=O) groups excluding carboxylic acids is 2. The Hall–Kier alpha value is -1.15. The highest BCUT2D eigenvalue weighted by molar-refractivity contribution is 14.1. The number of likely N-dealkylation sites (N-methyl/N-ethyl adjacent to an activating group) is 1. The lowest BCUT2D eigenvalue weighted by Crippen LogP contribution is -2.47. The Bertz CT molecular complexity index is 526. The predicted molar refractivity (Wildman–Crippen MR) is 97.8 cm³/mol. The molecule has 6 heteroatoms. The number of rotatable bonds is 6. The fraction of sp³-hybridized carbons (Fsp3) is 0.500. The quantitative estimate of drug-likeness (QED) is 0.700. The molecule has 0 unspecified atom stereocenters.